The van der Waals surface area contributed by atoms with E-state index in [0.29, 0.717) is 23.9 Å². The molecule has 116 valence electrons. The number of benzene rings is 2. The van der Waals surface area contributed by atoms with Crippen LogP contribution in [0, 0.1) is 12.7 Å². The highest BCUT2D eigenvalue weighted by molar-refractivity contribution is 5.55. The van der Waals surface area contributed by atoms with Gasteiger partial charge in [-0.2, -0.15) is 4.98 Å². The summed E-state index contributed by atoms with van der Waals surface area (Å²) in [5.41, 5.74) is 2.34. The number of aryl methyl sites for hydroxylation is 1. The van der Waals surface area contributed by atoms with Crippen LogP contribution >= 0.6 is 0 Å². The van der Waals surface area contributed by atoms with E-state index in [1.165, 1.54) is 6.07 Å². The third-order valence-electron chi connectivity index (χ3n) is 3.30. The molecule has 0 bridgehead atoms. The van der Waals surface area contributed by atoms with Crippen LogP contribution < -0.4 is 10.6 Å². The first kappa shape index (κ1) is 15.0. The van der Waals surface area contributed by atoms with Crippen LogP contribution in [0.5, 0.6) is 0 Å². The summed E-state index contributed by atoms with van der Waals surface area (Å²) in [6, 6.07) is 18.2. The van der Waals surface area contributed by atoms with Crippen LogP contribution in [0.3, 0.4) is 0 Å². The van der Waals surface area contributed by atoms with Crippen LogP contribution in [0.15, 0.2) is 60.7 Å². The molecule has 23 heavy (non-hydrogen) atoms. The van der Waals surface area contributed by atoms with Gasteiger partial charge >= 0.3 is 0 Å². The van der Waals surface area contributed by atoms with Gasteiger partial charge in [-0.25, -0.2) is 9.37 Å². The molecule has 5 heteroatoms. The summed E-state index contributed by atoms with van der Waals surface area (Å²) in [5.74, 6) is 0.930. The molecule has 0 saturated heterocycles. The minimum atomic E-state index is -0.228. The average molecular weight is 308 g/mol. The Labute approximate surface area is 134 Å². The monoisotopic (exact) mass is 308 g/mol. The minimum absolute atomic E-state index is 0.228. The quantitative estimate of drug-likeness (QED) is 0.738. The van der Waals surface area contributed by atoms with E-state index in [0.717, 1.165) is 11.4 Å². The third-order valence-corrected chi connectivity index (χ3v) is 3.30. The van der Waals surface area contributed by atoms with Gasteiger partial charge in [0, 0.05) is 29.6 Å². The van der Waals surface area contributed by atoms with Crippen LogP contribution in [0.25, 0.3) is 0 Å². The molecule has 0 aliphatic rings. The van der Waals surface area contributed by atoms with Crippen molar-refractivity contribution in [2.75, 3.05) is 10.6 Å². The Bertz CT molecular complexity index is 790. The predicted molar refractivity (Wildman–Crippen MR) is 90.2 cm³/mol. The lowest BCUT2D eigenvalue weighted by molar-refractivity contribution is 0.613. The summed E-state index contributed by atoms with van der Waals surface area (Å²) in [5, 5.41) is 6.30. The Balaban J connectivity index is 1.74. The molecule has 0 aliphatic carbocycles. The molecule has 0 amide bonds. The Morgan fingerprint density at radius 2 is 1.70 bits per heavy atom. The fourth-order valence-corrected chi connectivity index (χ4v) is 2.19. The van der Waals surface area contributed by atoms with E-state index >= 15 is 0 Å². The number of nitrogens with zero attached hydrogens (tertiary/aromatic N) is 2. The smallest absolute Gasteiger partial charge is 0.229 e. The van der Waals surface area contributed by atoms with Crippen molar-refractivity contribution in [3.05, 3.63) is 77.7 Å². The van der Waals surface area contributed by atoms with Crippen molar-refractivity contribution in [3.63, 3.8) is 0 Å². The lowest BCUT2D eigenvalue weighted by atomic mass is 10.2. The van der Waals surface area contributed by atoms with Gasteiger partial charge in [-0.3, -0.25) is 0 Å². The van der Waals surface area contributed by atoms with E-state index in [4.69, 9.17) is 0 Å². The van der Waals surface area contributed by atoms with Gasteiger partial charge in [0.25, 0.3) is 0 Å². The molecular weight excluding hydrogens is 291 g/mol. The molecule has 2 N–H and O–H groups in total. The van der Waals surface area contributed by atoms with E-state index in [1.807, 2.05) is 49.4 Å². The largest absolute Gasteiger partial charge is 0.366 e. The molecule has 2 aromatic carbocycles. The molecule has 0 saturated carbocycles. The van der Waals surface area contributed by atoms with Crippen molar-refractivity contribution >= 4 is 17.5 Å². The second-order valence-electron chi connectivity index (χ2n) is 5.15. The summed E-state index contributed by atoms with van der Waals surface area (Å²) >= 11 is 0. The van der Waals surface area contributed by atoms with Crippen LogP contribution in [0.4, 0.5) is 21.8 Å². The maximum Gasteiger partial charge on any atom is 0.229 e. The molecule has 3 rings (SSSR count). The van der Waals surface area contributed by atoms with Gasteiger partial charge in [-0.1, -0.05) is 36.4 Å². The molecule has 0 unspecified atom stereocenters. The molecular formula is C18H17FN4. The van der Waals surface area contributed by atoms with E-state index < -0.39 is 0 Å². The summed E-state index contributed by atoms with van der Waals surface area (Å²) < 4.78 is 13.7. The van der Waals surface area contributed by atoms with Crippen molar-refractivity contribution in [2.45, 2.75) is 13.5 Å². The van der Waals surface area contributed by atoms with Crippen LogP contribution in [-0.4, -0.2) is 9.97 Å². The molecule has 0 atom stereocenters. The number of nitrogens with one attached hydrogen (secondary N) is 2. The average Bonchev–Trinajstić information content (AvgIpc) is 2.54. The van der Waals surface area contributed by atoms with E-state index in [9.17, 15) is 4.39 Å². The molecule has 4 nitrogen and oxygen atoms in total. The summed E-state index contributed by atoms with van der Waals surface area (Å²) in [6.07, 6.45) is 0. The standard InChI is InChI=1S/C18H17FN4/c1-13-11-17(20-12-14-7-5-6-10-16(14)19)23-18(21-13)22-15-8-3-2-4-9-15/h2-11H,12H2,1H3,(H2,20,21,22,23). The number of halogens is 1. The Morgan fingerprint density at radius 3 is 2.48 bits per heavy atom. The van der Waals surface area contributed by atoms with Gasteiger partial charge in [0.2, 0.25) is 5.95 Å². The topological polar surface area (TPSA) is 49.8 Å². The second-order valence-corrected chi connectivity index (χ2v) is 5.15. The van der Waals surface area contributed by atoms with Crippen LogP contribution in [-0.2, 0) is 6.54 Å². The van der Waals surface area contributed by atoms with E-state index in [2.05, 4.69) is 20.6 Å². The highest BCUT2D eigenvalue weighted by atomic mass is 19.1. The number of anilines is 3. The maximum atomic E-state index is 13.7. The number of para-hydroxylation sites is 1. The fraction of sp³-hybridized carbons (Fsp3) is 0.111. The van der Waals surface area contributed by atoms with Gasteiger partial charge in [0.05, 0.1) is 0 Å². The second kappa shape index (κ2) is 6.87. The van der Waals surface area contributed by atoms with Crippen molar-refractivity contribution in [1.29, 1.82) is 0 Å². The molecule has 0 radical (unpaired) electrons. The maximum absolute atomic E-state index is 13.7. The first-order valence-corrected chi connectivity index (χ1v) is 7.36. The predicted octanol–water partition coefficient (Wildman–Crippen LogP) is 4.28. The van der Waals surface area contributed by atoms with Crippen molar-refractivity contribution < 1.29 is 4.39 Å². The summed E-state index contributed by atoms with van der Waals surface area (Å²) in [4.78, 5) is 8.78. The zero-order valence-corrected chi connectivity index (χ0v) is 12.8. The molecule has 0 fully saturated rings. The summed E-state index contributed by atoms with van der Waals surface area (Å²) in [6.45, 7) is 2.26. The first-order chi connectivity index (χ1) is 11.2. The summed E-state index contributed by atoms with van der Waals surface area (Å²) in [7, 11) is 0. The Hall–Kier alpha value is -2.95. The van der Waals surface area contributed by atoms with Crippen LogP contribution in [0.1, 0.15) is 11.3 Å². The fourth-order valence-electron chi connectivity index (χ4n) is 2.19. The zero-order chi connectivity index (χ0) is 16.1. The Kier molecular flexibility index (Phi) is 4.47. The van der Waals surface area contributed by atoms with Crippen molar-refractivity contribution in [2.24, 2.45) is 0 Å². The minimum Gasteiger partial charge on any atom is -0.366 e. The van der Waals surface area contributed by atoms with Gasteiger partial charge in [-0.05, 0) is 25.1 Å². The van der Waals surface area contributed by atoms with Gasteiger partial charge in [0.1, 0.15) is 11.6 Å². The normalized spacial score (nSPS) is 10.3. The lowest BCUT2D eigenvalue weighted by Gasteiger charge is -2.10. The molecule has 0 aliphatic heterocycles. The molecule has 0 spiro atoms. The highest BCUT2D eigenvalue weighted by Crippen LogP contribution is 2.16. The third kappa shape index (κ3) is 4.03. The van der Waals surface area contributed by atoms with Crippen molar-refractivity contribution in [3.8, 4) is 0 Å². The van der Waals surface area contributed by atoms with E-state index in [1.54, 1.807) is 12.1 Å². The first-order valence-electron chi connectivity index (χ1n) is 7.36. The molecule has 1 aromatic heterocycles. The number of aromatic nitrogens is 2. The van der Waals surface area contributed by atoms with Gasteiger partial charge in [0.15, 0.2) is 0 Å². The molecule has 3 aromatic rings. The number of rotatable bonds is 5. The van der Waals surface area contributed by atoms with Gasteiger partial charge < -0.3 is 10.6 Å². The SMILES string of the molecule is Cc1cc(NCc2ccccc2F)nc(Nc2ccccc2)n1. The van der Waals surface area contributed by atoms with Crippen molar-refractivity contribution in [1.82, 2.24) is 9.97 Å². The van der Waals surface area contributed by atoms with Crippen LogP contribution in [0.2, 0.25) is 0 Å². The Morgan fingerprint density at radius 1 is 0.957 bits per heavy atom. The lowest BCUT2D eigenvalue weighted by Crippen LogP contribution is -2.06. The van der Waals surface area contributed by atoms with Gasteiger partial charge in [-0.15, -0.1) is 0 Å². The van der Waals surface area contributed by atoms with E-state index in [-0.39, 0.29) is 5.82 Å². The number of hydrogen-bond acceptors (Lipinski definition) is 4. The zero-order valence-electron chi connectivity index (χ0n) is 12.8. The number of hydrogen-bond donors (Lipinski definition) is 2. The highest BCUT2D eigenvalue weighted by Gasteiger charge is 2.05. The molecule has 1 heterocycles.